The molecule has 0 radical (unpaired) electrons. The van der Waals surface area contributed by atoms with Gasteiger partial charge in [0, 0.05) is 32.7 Å². The van der Waals surface area contributed by atoms with Crippen molar-refractivity contribution in [1.29, 1.82) is 0 Å². The van der Waals surface area contributed by atoms with E-state index in [4.69, 9.17) is 5.73 Å². The molecule has 1 amide bonds. The summed E-state index contributed by atoms with van der Waals surface area (Å²) in [5.41, 5.74) is 8.10. The van der Waals surface area contributed by atoms with Crippen LogP contribution in [0.5, 0.6) is 0 Å². The van der Waals surface area contributed by atoms with Crippen LogP contribution in [0, 0.1) is 5.92 Å². The van der Waals surface area contributed by atoms with E-state index in [2.05, 4.69) is 0 Å². The number of nitrogens with two attached hydrogens (primary N) is 1. The number of likely N-dealkylation sites (tertiary alicyclic amines) is 1. The second-order valence-electron chi connectivity index (χ2n) is 5.75. The summed E-state index contributed by atoms with van der Waals surface area (Å²) in [4.78, 5) is 16.2. The molecule has 2 atom stereocenters. The van der Waals surface area contributed by atoms with Crippen LogP contribution in [0.3, 0.4) is 0 Å². The summed E-state index contributed by atoms with van der Waals surface area (Å²) >= 11 is 0. The van der Waals surface area contributed by atoms with E-state index < -0.39 is 0 Å². The van der Waals surface area contributed by atoms with Crippen molar-refractivity contribution in [2.24, 2.45) is 5.92 Å². The largest absolute Gasteiger partial charge is 0.397 e. The maximum absolute atomic E-state index is 12.5. The van der Waals surface area contributed by atoms with E-state index in [1.807, 2.05) is 38.1 Å². The molecule has 2 unspecified atom stereocenters. The number of aliphatic hydroxyl groups excluding tert-OH is 1. The van der Waals surface area contributed by atoms with Crippen molar-refractivity contribution in [3.05, 3.63) is 23.8 Å². The molecule has 1 heterocycles. The maximum atomic E-state index is 12.5. The summed E-state index contributed by atoms with van der Waals surface area (Å²) in [6.07, 6.45) is 0.332. The van der Waals surface area contributed by atoms with Crippen LogP contribution in [0.1, 0.15) is 23.7 Å². The minimum absolute atomic E-state index is 0.0132. The Hall–Kier alpha value is -1.75. The number of nitrogen functional groups attached to an aromatic ring is 1. The smallest absolute Gasteiger partial charge is 0.253 e. The van der Waals surface area contributed by atoms with Gasteiger partial charge in [-0.25, -0.2) is 0 Å². The molecule has 3 N–H and O–H groups in total. The lowest BCUT2D eigenvalue weighted by molar-refractivity contribution is 0.0297. The van der Waals surface area contributed by atoms with E-state index in [0.717, 1.165) is 5.69 Å². The highest BCUT2D eigenvalue weighted by Gasteiger charge is 2.27. The summed E-state index contributed by atoms with van der Waals surface area (Å²) < 4.78 is 0. The molecule has 0 saturated carbocycles. The van der Waals surface area contributed by atoms with Gasteiger partial charge in [-0.05, 0) is 30.5 Å². The first-order chi connectivity index (χ1) is 9.40. The highest BCUT2D eigenvalue weighted by atomic mass is 16.3. The van der Waals surface area contributed by atoms with Crippen molar-refractivity contribution in [3.8, 4) is 0 Å². The van der Waals surface area contributed by atoms with E-state index in [1.165, 1.54) is 0 Å². The molecule has 0 spiro atoms. The predicted octanol–water partition coefficient (Wildman–Crippen LogP) is 1.18. The van der Waals surface area contributed by atoms with Crippen molar-refractivity contribution in [3.63, 3.8) is 0 Å². The summed E-state index contributed by atoms with van der Waals surface area (Å²) in [6, 6.07) is 5.40. The minimum atomic E-state index is -0.305. The zero-order valence-corrected chi connectivity index (χ0v) is 12.3. The number of benzene rings is 1. The maximum Gasteiger partial charge on any atom is 0.253 e. The van der Waals surface area contributed by atoms with E-state index in [1.54, 1.807) is 11.0 Å². The molecule has 110 valence electrons. The van der Waals surface area contributed by atoms with Crippen molar-refractivity contribution in [2.45, 2.75) is 19.4 Å². The number of rotatable bonds is 2. The van der Waals surface area contributed by atoms with Crippen molar-refractivity contribution < 1.29 is 9.90 Å². The lowest BCUT2D eigenvalue weighted by atomic mass is 9.96. The van der Waals surface area contributed by atoms with Gasteiger partial charge in [0.25, 0.3) is 5.91 Å². The van der Waals surface area contributed by atoms with Crippen LogP contribution in [-0.4, -0.2) is 49.2 Å². The molecule has 2 rings (SSSR count). The minimum Gasteiger partial charge on any atom is -0.397 e. The lowest BCUT2D eigenvalue weighted by Crippen LogP contribution is -2.44. The van der Waals surface area contributed by atoms with Crippen LogP contribution in [0.2, 0.25) is 0 Å². The fraction of sp³-hybridized carbons (Fsp3) is 0.533. The second kappa shape index (κ2) is 5.71. The van der Waals surface area contributed by atoms with E-state index in [0.29, 0.717) is 30.8 Å². The molecular formula is C15H23N3O2. The fourth-order valence-corrected chi connectivity index (χ4v) is 2.60. The second-order valence-corrected chi connectivity index (χ2v) is 5.75. The predicted molar refractivity (Wildman–Crippen MR) is 80.9 cm³/mol. The fourth-order valence-electron chi connectivity index (χ4n) is 2.60. The van der Waals surface area contributed by atoms with Gasteiger partial charge in [0.05, 0.1) is 17.5 Å². The third-order valence-corrected chi connectivity index (χ3v) is 3.90. The summed E-state index contributed by atoms with van der Waals surface area (Å²) in [5.74, 6) is 0.104. The molecule has 20 heavy (non-hydrogen) atoms. The lowest BCUT2D eigenvalue weighted by Gasteiger charge is -2.34. The number of carbonyl (C=O) groups is 1. The van der Waals surface area contributed by atoms with E-state index in [-0.39, 0.29) is 17.9 Å². The van der Waals surface area contributed by atoms with Crippen LogP contribution in [0.25, 0.3) is 0 Å². The number of nitrogens with zero attached hydrogens (tertiary/aromatic N) is 2. The van der Waals surface area contributed by atoms with E-state index in [9.17, 15) is 9.90 Å². The summed E-state index contributed by atoms with van der Waals surface area (Å²) in [6.45, 7) is 3.16. The van der Waals surface area contributed by atoms with Gasteiger partial charge in [-0.15, -0.1) is 0 Å². The van der Waals surface area contributed by atoms with Crippen LogP contribution >= 0.6 is 0 Å². The SMILES string of the molecule is CC1CN(C(=O)c2ccc(N(C)C)c(N)c2)CCC1O. The highest BCUT2D eigenvalue weighted by Crippen LogP contribution is 2.24. The molecule has 1 aliphatic rings. The Morgan fingerprint density at radius 1 is 1.45 bits per heavy atom. The van der Waals surface area contributed by atoms with Gasteiger partial charge in [0.2, 0.25) is 0 Å². The number of anilines is 2. The first-order valence-corrected chi connectivity index (χ1v) is 6.94. The first-order valence-electron chi connectivity index (χ1n) is 6.94. The molecule has 5 heteroatoms. The topological polar surface area (TPSA) is 69.8 Å². The van der Waals surface area contributed by atoms with Crippen molar-refractivity contribution in [1.82, 2.24) is 4.90 Å². The summed E-state index contributed by atoms with van der Waals surface area (Å²) in [7, 11) is 3.84. The quantitative estimate of drug-likeness (QED) is 0.796. The normalized spacial score (nSPS) is 22.7. The molecule has 0 bridgehead atoms. The Labute approximate surface area is 120 Å². The molecule has 1 fully saturated rings. The number of hydrogen-bond donors (Lipinski definition) is 2. The molecule has 1 aliphatic heterocycles. The van der Waals surface area contributed by atoms with Gasteiger partial charge in [0.15, 0.2) is 0 Å². The van der Waals surface area contributed by atoms with Gasteiger partial charge in [-0.2, -0.15) is 0 Å². The standard InChI is InChI=1S/C15H23N3O2/c1-10-9-18(7-6-14(10)19)15(20)11-4-5-13(17(2)3)12(16)8-11/h4-5,8,10,14,19H,6-7,9,16H2,1-3H3. The van der Waals surface area contributed by atoms with Gasteiger partial charge >= 0.3 is 0 Å². The Balaban J connectivity index is 2.15. The highest BCUT2D eigenvalue weighted by molar-refractivity contribution is 5.96. The van der Waals surface area contributed by atoms with Gasteiger partial charge < -0.3 is 20.6 Å². The molecule has 0 aromatic heterocycles. The first kappa shape index (κ1) is 14.7. The number of hydrogen-bond acceptors (Lipinski definition) is 4. The Kier molecular flexibility index (Phi) is 4.18. The van der Waals surface area contributed by atoms with Crippen LogP contribution in [0.4, 0.5) is 11.4 Å². The molecule has 5 nitrogen and oxygen atoms in total. The van der Waals surface area contributed by atoms with Crippen molar-refractivity contribution in [2.75, 3.05) is 37.8 Å². The monoisotopic (exact) mass is 277 g/mol. The van der Waals surface area contributed by atoms with Gasteiger partial charge in [0.1, 0.15) is 0 Å². The Morgan fingerprint density at radius 2 is 2.15 bits per heavy atom. The molecular weight excluding hydrogens is 254 g/mol. The zero-order valence-electron chi connectivity index (χ0n) is 12.3. The Bertz CT molecular complexity index is 502. The molecule has 1 aromatic rings. The van der Waals surface area contributed by atoms with Gasteiger partial charge in [-0.1, -0.05) is 6.92 Å². The molecule has 1 saturated heterocycles. The van der Waals surface area contributed by atoms with E-state index >= 15 is 0 Å². The molecule has 1 aromatic carbocycles. The zero-order chi connectivity index (χ0) is 14.9. The average Bonchev–Trinajstić information content (AvgIpc) is 2.40. The third-order valence-electron chi connectivity index (χ3n) is 3.90. The average molecular weight is 277 g/mol. The number of piperidine rings is 1. The van der Waals surface area contributed by atoms with Crippen molar-refractivity contribution >= 4 is 17.3 Å². The van der Waals surface area contributed by atoms with Gasteiger partial charge in [-0.3, -0.25) is 4.79 Å². The Morgan fingerprint density at radius 3 is 2.70 bits per heavy atom. The number of aliphatic hydroxyl groups is 1. The third kappa shape index (κ3) is 2.88. The van der Waals surface area contributed by atoms with Crippen LogP contribution in [0.15, 0.2) is 18.2 Å². The number of amides is 1. The summed E-state index contributed by atoms with van der Waals surface area (Å²) in [5, 5.41) is 9.73. The molecule has 0 aliphatic carbocycles. The number of carbonyl (C=O) groups excluding carboxylic acids is 1. The van der Waals surface area contributed by atoms with Crippen LogP contribution < -0.4 is 10.6 Å². The van der Waals surface area contributed by atoms with Crippen LogP contribution in [-0.2, 0) is 0 Å².